The lowest BCUT2D eigenvalue weighted by Crippen LogP contribution is -2.28. The van der Waals surface area contributed by atoms with Crippen molar-refractivity contribution in [2.75, 3.05) is 32.6 Å². The first-order chi connectivity index (χ1) is 13.1. The van der Waals surface area contributed by atoms with Crippen LogP contribution < -0.4 is 14.8 Å². The van der Waals surface area contributed by atoms with Gasteiger partial charge in [0.1, 0.15) is 5.82 Å². The molecule has 2 aromatic rings. The number of carbonyl (C=O) groups is 2. The summed E-state index contributed by atoms with van der Waals surface area (Å²) in [7, 11) is 3.17. The number of benzene rings is 1. The number of ether oxygens (including phenoxy) is 2. The van der Waals surface area contributed by atoms with Crippen LogP contribution in [0, 0.1) is 5.92 Å². The molecule has 2 heterocycles. The molecule has 144 valence electrons. The lowest BCUT2D eigenvalue weighted by Gasteiger charge is -2.16. The first-order valence-corrected chi connectivity index (χ1v) is 8.87. The summed E-state index contributed by atoms with van der Waals surface area (Å²) in [5.41, 5.74) is 0.879. The predicted octanol–water partition coefficient (Wildman–Crippen LogP) is 1.76. The highest BCUT2D eigenvalue weighted by atomic mass is 16.5. The van der Waals surface area contributed by atoms with E-state index in [0.717, 1.165) is 5.56 Å². The third kappa shape index (κ3) is 3.89. The predicted molar refractivity (Wildman–Crippen MR) is 99.9 cm³/mol. The first-order valence-electron chi connectivity index (χ1n) is 8.87. The number of hydrogen-bond acceptors (Lipinski definition) is 5. The standard InChI is InChI=1S/C19H24N4O4/c1-4-22-11-14(10-17(22)24)19(25)21-16-8-9-20-23(16)12-13-6-5-7-15(26-2)18(13)27-3/h5-9,14H,4,10-12H2,1-3H3,(H,21,25)/t14-/m0/s1. The molecule has 0 aliphatic carbocycles. The zero-order valence-corrected chi connectivity index (χ0v) is 15.8. The first kappa shape index (κ1) is 18.8. The Bertz CT molecular complexity index is 833. The summed E-state index contributed by atoms with van der Waals surface area (Å²) in [6.45, 7) is 3.40. The Morgan fingerprint density at radius 3 is 2.78 bits per heavy atom. The number of likely N-dealkylation sites (tertiary alicyclic amines) is 1. The maximum Gasteiger partial charge on any atom is 0.230 e. The lowest BCUT2D eigenvalue weighted by atomic mass is 10.1. The topological polar surface area (TPSA) is 85.7 Å². The molecule has 2 amide bonds. The van der Waals surface area contributed by atoms with Gasteiger partial charge in [-0.1, -0.05) is 12.1 Å². The molecule has 8 nitrogen and oxygen atoms in total. The molecule has 1 N–H and O–H groups in total. The molecule has 8 heteroatoms. The maximum absolute atomic E-state index is 12.6. The van der Waals surface area contributed by atoms with Crippen LogP contribution in [0.5, 0.6) is 11.5 Å². The van der Waals surface area contributed by atoms with Gasteiger partial charge in [-0.25, -0.2) is 4.68 Å². The van der Waals surface area contributed by atoms with Gasteiger partial charge in [-0.3, -0.25) is 9.59 Å². The van der Waals surface area contributed by atoms with Crippen LogP contribution >= 0.6 is 0 Å². The molecule has 3 rings (SSSR count). The number of hydrogen-bond donors (Lipinski definition) is 1. The quantitative estimate of drug-likeness (QED) is 0.800. The molecule has 27 heavy (non-hydrogen) atoms. The van der Waals surface area contributed by atoms with Gasteiger partial charge < -0.3 is 19.7 Å². The van der Waals surface area contributed by atoms with Crippen LogP contribution in [0.3, 0.4) is 0 Å². The Labute approximate surface area is 158 Å². The van der Waals surface area contributed by atoms with E-state index in [0.29, 0.717) is 37.0 Å². The Morgan fingerprint density at radius 1 is 1.30 bits per heavy atom. The fourth-order valence-corrected chi connectivity index (χ4v) is 3.29. The average molecular weight is 372 g/mol. The Morgan fingerprint density at radius 2 is 2.11 bits per heavy atom. The molecule has 0 unspecified atom stereocenters. The number of para-hydroxylation sites is 1. The molecule has 1 aliphatic heterocycles. The van der Waals surface area contributed by atoms with Gasteiger partial charge >= 0.3 is 0 Å². The molecule has 1 aromatic heterocycles. The molecule has 0 spiro atoms. The van der Waals surface area contributed by atoms with Gasteiger partial charge in [-0.15, -0.1) is 0 Å². The Kier molecular flexibility index (Phi) is 5.63. The van der Waals surface area contributed by atoms with Crippen molar-refractivity contribution in [1.82, 2.24) is 14.7 Å². The van der Waals surface area contributed by atoms with Crippen LogP contribution in [0.25, 0.3) is 0 Å². The highest BCUT2D eigenvalue weighted by molar-refractivity contribution is 5.96. The second-order valence-electron chi connectivity index (χ2n) is 6.35. The summed E-state index contributed by atoms with van der Waals surface area (Å²) in [5.74, 6) is 1.36. The number of rotatable bonds is 7. The van der Waals surface area contributed by atoms with Crippen LogP contribution in [0.15, 0.2) is 30.5 Å². The molecular weight excluding hydrogens is 348 g/mol. The van der Waals surface area contributed by atoms with Gasteiger partial charge in [-0.05, 0) is 13.0 Å². The van der Waals surface area contributed by atoms with Gasteiger partial charge in [0, 0.05) is 31.1 Å². The van der Waals surface area contributed by atoms with E-state index in [9.17, 15) is 9.59 Å². The number of carbonyl (C=O) groups excluding carboxylic acids is 2. The van der Waals surface area contributed by atoms with Crippen molar-refractivity contribution in [3.8, 4) is 11.5 Å². The summed E-state index contributed by atoms with van der Waals surface area (Å²) in [5, 5.41) is 7.19. The minimum absolute atomic E-state index is 0.0206. The van der Waals surface area contributed by atoms with E-state index in [4.69, 9.17) is 9.47 Å². The smallest absolute Gasteiger partial charge is 0.230 e. The second kappa shape index (κ2) is 8.11. The van der Waals surface area contributed by atoms with E-state index in [1.165, 1.54) is 0 Å². The zero-order chi connectivity index (χ0) is 19.4. The molecule has 1 aromatic carbocycles. The number of amides is 2. The molecule has 1 saturated heterocycles. The van der Waals surface area contributed by atoms with Gasteiger partial charge in [0.2, 0.25) is 11.8 Å². The molecule has 0 radical (unpaired) electrons. The number of nitrogens with zero attached hydrogens (tertiary/aromatic N) is 3. The van der Waals surface area contributed by atoms with Crippen molar-refractivity contribution in [3.05, 3.63) is 36.0 Å². The Hall–Kier alpha value is -3.03. The average Bonchev–Trinajstić information content (AvgIpc) is 3.27. The molecule has 0 saturated carbocycles. The third-order valence-electron chi connectivity index (χ3n) is 4.74. The van der Waals surface area contributed by atoms with E-state index in [2.05, 4.69) is 10.4 Å². The van der Waals surface area contributed by atoms with E-state index >= 15 is 0 Å². The summed E-state index contributed by atoms with van der Waals surface area (Å²) in [6.07, 6.45) is 1.87. The van der Waals surface area contributed by atoms with Gasteiger partial charge in [0.15, 0.2) is 11.5 Å². The van der Waals surface area contributed by atoms with E-state index in [1.807, 2.05) is 25.1 Å². The molecule has 1 atom stereocenters. The van der Waals surface area contributed by atoms with Crippen LogP contribution in [0.1, 0.15) is 18.9 Å². The van der Waals surface area contributed by atoms with Gasteiger partial charge in [0.05, 0.1) is 32.9 Å². The highest BCUT2D eigenvalue weighted by Gasteiger charge is 2.33. The summed E-state index contributed by atoms with van der Waals surface area (Å²) in [4.78, 5) is 26.1. The van der Waals surface area contributed by atoms with Crippen molar-refractivity contribution < 1.29 is 19.1 Å². The van der Waals surface area contributed by atoms with Gasteiger partial charge in [0.25, 0.3) is 0 Å². The van der Waals surface area contributed by atoms with E-state index in [-0.39, 0.29) is 24.2 Å². The molecular formula is C19H24N4O4. The fourth-order valence-electron chi connectivity index (χ4n) is 3.29. The SMILES string of the molecule is CCN1C[C@@H](C(=O)Nc2ccnn2Cc2cccc(OC)c2OC)CC1=O. The summed E-state index contributed by atoms with van der Waals surface area (Å²) in [6, 6.07) is 7.36. The van der Waals surface area contributed by atoms with Crippen LogP contribution in [-0.2, 0) is 16.1 Å². The zero-order valence-electron chi connectivity index (χ0n) is 15.8. The largest absolute Gasteiger partial charge is 0.493 e. The normalized spacial score (nSPS) is 16.5. The molecule has 1 fully saturated rings. The van der Waals surface area contributed by atoms with Crippen LogP contribution in [0.2, 0.25) is 0 Å². The minimum Gasteiger partial charge on any atom is -0.493 e. The van der Waals surface area contributed by atoms with Crippen LogP contribution in [0.4, 0.5) is 5.82 Å². The lowest BCUT2D eigenvalue weighted by molar-refractivity contribution is -0.128. The fraction of sp³-hybridized carbons (Fsp3) is 0.421. The second-order valence-corrected chi connectivity index (χ2v) is 6.35. The van der Waals surface area contributed by atoms with E-state index in [1.54, 1.807) is 36.1 Å². The van der Waals surface area contributed by atoms with Crippen molar-refractivity contribution in [1.29, 1.82) is 0 Å². The monoisotopic (exact) mass is 372 g/mol. The van der Waals surface area contributed by atoms with Crippen molar-refractivity contribution >= 4 is 17.6 Å². The van der Waals surface area contributed by atoms with Crippen LogP contribution in [-0.4, -0.2) is 53.8 Å². The molecule has 0 bridgehead atoms. The van der Waals surface area contributed by atoms with E-state index < -0.39 is 0 Å². The highest BCUT2D eigenvalue weighted by Crippen LogP contribution is 2.31. The Balaban J connectivity index is 1.74. The van der Waals surface area contributed by atoms with Gasteiger partial charge in [-0.2, -0.15) is 5.10 Å². The summed E-state index contributed by atoms with van der Waals surface area (Å²) >= 11 is 0. The third-order valence-corrected chi connectivity index (χ3v) is 4.74. The number of anilines is 1. The minimum atomic E-state index is -0.341. The number of methoxy groups -OCH3 is 2. The summed E-state index contributed by atoms with van der Waals surface area (Å²) < 4.78 is 12.5. The number of nitrogens with one attached hydrogen (secondary N) is 1. The van der Waals surface area contributed by atoms with Crippen molar-refractivity contribution in [2.45, 2.75) is 19.9 Å². The number of aromatic nitrogens is 2. The van der Waals surface area contributed by atoms with Crippen molar-refractivity contribution in [3.63, 3.8) is 0 Å². The maximum atomic E-state index is 12.6. The molecule has 1 aliphatic rings. The van der Waals surface area contributed by atoms with Crippen molar-refractivity contribution in [2.24, 2.45) is 5.92 Å².